The molecule has 4 atom stereocenters. The van der Waals surface area contributed by atoms with Crippen molar-refractivity contribution < 1.29 is 14.3 Å². The lowest BCUT2D eigenvalue weighted by Crippen LogP contribution is -2.33. The third kappa shape index (κ3) is 4.71. The molecule has 0 aromatic heterocycles. The van der Waals surface area contributed by atoms with Gasteiger partial charge in [-0.3, -0.25) is 0 Å². The van der Waals surface area contributed by atoms with Crippen molar-refractivity contribution in [2.45, 2.75) is 44.9 Å². The molecule has 2 saturated carbocycles. The lowest BCUT2D eigenvalue weighted by Gasteiger charge is -2.34. The van der Waals surface area contributed by atoms with E-state index in [9.17, 15) is 14.3 Å². The lowest BCUT2D eigenvalue weighted by atomic mass is 9.88. The molecule has 2 aliphatic carbocycles. The molecule has 1 heterocycles. The summed E-state index contributed by atoms with van der Waals surface area (Å²) in [5.41, 5.74) is 1.56. The van der Waals surface area contributed by atoms with Crippen LogP contribution in [-0.2, 0) is 4.79 Å². The number of aliphatic carboxylic acids is 1. The van der Waals surface area contributed by atoms with Gasteiger partial charge in [0.15, 0.2) is 0 Å². The molecule has 29 heavy (non-hydrogen) atoms. The summed E-state index contributed by atoms with van der Waals surface area (Å²) >= 11 is 1.67. The Bertz CT molecular complexity index is 804. The van der Waals surface area contributed by atoms with Crippen LogP contribution < -0.4 is 0 Å². The molecule has 4 rings (SSSR count). The zero-order valence-corrected chi connectivity index (χ0v) is 17.8. The molecule has 0 amide bonds. The number of thioether (sulfide) groups is 1. The average Bonchev–Trinajstić information content (AvgIpc) is 3.32. The van der Waals surface area contributed by atoms with Crippen LogP contribution in [0.5, 0.6) is 0 Å². The standard InChI is InChI=1S/C24H30FNO2S/c1-16(18-6-8-21(25)9-7-18)10-12-29-23-22(24(27)28)3-2-11-26(23)15-20-14-17-4-5-19(20)13-17/h2-3,6-9,16-17,19-20H,4-5,10-15H2,1H3,(H,27,28). The van der Waals surface area contributed by atoms with Gasteiger partial charge in [-0.25, -0.2) is 9.18 Å². The summed E-state index contributed by atoms with van der Waals surface area (Å²) in [4.78, 5) is 14.1. The van der Waals surface area contributed by atoms with Crippen LogP contribution >= 0.6 is 11.8 Å². The Labute approximate surface area is 177 Å². The van der Waals surface area contributed by atoms with Gasteiger partial charge in [-0.1, -0.05) is 31.6 Å². The molecule has 1 aliphatic heterocycles. The predicted molar refractivity (Wildman–Crippen MR) is 116 cm³/mol. The fraction of sp³-hybridized carbons (Fsp3) is 0.542. The van der Waals surface area contributed by atoms with Crippen molar-refractivity contribution in [2.75, 3.05) is 18.8 Å². The molecule has 4 unspecified atom stereocenters. The lowest BCUT2D eigenvalue weighted by molar-refractivity contribution is -0.132. The molecule has 0 saturated heterocycles. The number of carboxylic acid groups (broad SMARTS) is 1. The van der Waals surface area contributed by atoms with Gasteiger partial charge in [0.1, 0.15) is 5.82 Å². The van der Waals surface area contributed by atoms with Crippen LogP contribution in [-0.4, -0.2) is 34.8 Å². The number of carboxylic acids is 1. The number of benzene rings is 1. The first-order chi connectivity index (χ1) is 14.0. The summed E-state index contributed by atoms with van der Waals surface area (Å²) < 4.78 is 13.2. The topological polar surface area (TPSA) is 40.5 Å². The van der Waals surface area contributed by atoms with Crippen LogP contribution in [0.4, 0.5) is 4.39 Å². The van der Waals surface area contributed by atoms with E-state index >= 15 is 0 Å². The maximum Gasteiger partial charge on any atom is 0.338 e. The van der Waals surface area contributed by atoms with E-state index in [0.717, 1.165) is 47.7 Å². The minimum Gasteiger partial charge on any atom is -0.478 e. The highest BCUT2D eigenvalue weighted by Crippen LogP contribution is 2.49. The van der Waals surface area contributed by atoms with Gasteiger partial charge in [-0.2, -0.15) is 0 Å². The fourth-order valence-corrected chi connectivity index (χ4v) is 6.59. The third-order valence-electron chi connectivity index (χ3n) is 6.93. The third-order valence-corrected chi connectivity index (χ3v) is 8.12. The molecule has 1 aromatic carbocycles. The molecule has 0 radical (unpaired) electrons. The number of carbonyl (C=O) groups is 1. The Hall–Kier alpha value is -1.75. The monoisotopic (exact) mass is 415 g/mol. The van der Waals surface area contributed by atoms with Crippen LogP contribution in [0.2, 0.25) is 0 Å². The average molecular weight is 416 g/mol. The SMILES string of the molecule is CC(CCSC1=C(C(=O)O)C=CCN1CC1CC2CCC1C2)c1ccc(F)cc1. The Morgan fingerprint density at radius 2 is 2.07 bits per heavy atom. The molecule has 1 aromatic rings. The van der Waals surface area contributed by atoms with Gasteiger partial charge < -0.3 is 10.0 Å². The summed E-state index contributed by atoms with van der Waals surface area (Å²) in [7, 11) is 0. The van der Waals surface area contributed by atoms with Crippen LogP contribution in [0.15, 0.2) is 47.0 Å². The van der Waals surface area contributed by atoms with Crippen molar-refractivity contribution in [3.05, 3.63) is 58.4 Å². The number of rotatable bonds is 8. The highest BCUT2D eigenvalue weighted by atomic mass is 32.2. The van der Waals surface area contributed by atoms with Gasteiger partial charge in [0, 0.05) is 18.8 Å². The normalized spacial score (nSPS) is 27.0. The molecule has 2 fully saturated rings. The molecular weight excluding hydrogens is 385 g/mol. The molecule has 1 N–H and O–H groups in total. The van der Waals surface area contributed by atoms with Crippen molar-refractivity contribution in [3.8, 4) is 0 Å². The first-order valence-corrected chi connectivity index (χ1v) is 11.8. The molecule has 2 bridgehead atoms. The van der Waals surface area contributed by atoms with Crippen molar-refractivity contribution >= 4 is 17.7 Å². The second-order valence-corrected chi connectivity index (χ2v) is 9.94. The van der Waals surface area contributed by atoms with E-state index in [0.29, 0.717) is 17.4 Å². The summed E-state index contributed by atoms with van der Waals surface area (Å²) in [5, 5.41) is 10.6. The molecule has 3 aliphatic rings. The zero-order valence-electron chi connectivity index (χ0n) is 17.0. The van der Waals surface area contributed by atoms with Gasteiger partial charge in [0.05, 0.1) is 10.6 Å². The van der Waals surface area contributed by atoms with Gasteiger partial charge in [-0.05, 0) is 73.1 Å². The van der Waals surface area contributed by atoms with Gasteiger partial charge in [-0.15, -0.1) is 11.8 Å². The van der Waals surface area contributed by atoms with Crippen LogP contribution in [0, 0.1) is 23.6 Å². The molecule has 156 valence electrons. The Balaban J connectivity index is 1.40. The van der Waals surface area contributed by atoms with Gasteiger partial charge in [0.25, 0.3) is 0 Å². The number of hydrogen-bond donors (Lipinski definition) is 1. The number of hydrogen-bond acceptors (Lipinski definition) is 3. The van der Waals surface area contributed by atoms with E-state index in [-0.39, 0.29) is 5.82 Å². The number of fused-ring (bicyclic) bond motifs is 2. The van der Waals surface area contributed by atoms with E-state index in [4.69, 9.17) is 0 Å². The Morgan fingerprint density at radius 1 is 1.28 bits per heavy atom. The zero-order chi connectivity index (χ0) is 20.4. The van der Waals surface area contributed by atoms with Crippen molar-refractivity contribution in [2.24, 2.45) is 17.8 Å². The first-order valence-electron chi connectivity index (χ1n) is 10.8. The quantitative estimate of drug-likeness (QED) is 0.595. The first kappa shape index (κ1) is 20.5. The maximum atomic E-state index is 13.2. The molecule has 3 nitrogen and oxygen atoms in total. The maximum absolute atomic E-state index is 13.2. The smallest absolute Gasteiger partial charge is 0.338 e. The van der Waals surface area contributed by atoms with Crippen molar-refractivity contribution in [3.63, 3.8) is 0 Å². The molecule has 0 spiro atoms. The largest absolute Gasteiger partial charge is 0.478 e. The summed E-state index contributed by atoms with van der Waals surface area (Å²) in [5.74, 6) is 2.57. The highest BCUT2D eigenvalue weighted by molar-refractivity contribution is 8.03. The molecule has 5 heteroatoms. The van der Waals surface area contributed by atoms with E-state index < -0.39 is 5.97 Å². The summed E-state index contributed by atoms with van der Waals surface area (Å²) in [6, 6.07) is 6.70. The van der Waals surface area contributed by atoms with Crippen LogP contribution in [0.3, 0.4) is 0 Å². The minimum absolute atomic E-state index is 0.211. The van der Waals surface area contributed by atoms with E-state index in [2.05, 4.69) is 11.8 Å². The van der Waals surface area contributed by atoms with Crippen molar-refractivity contribution in [1.29, 1.82) is 0 Å². The van der Waals surface area contributed by atoms with Crippen LogP contribution in [0.25, 0.3) is 0 Å². The van der Waals surface area contributed by atoms with E-state index in [1.807, 2.05) is 18.2 Å². The second kappa shape index (κ2) is 8.95. The minimum atomic E-state index is -0.840. The fourth-order valence-electron chi connectivity index (χ4n) is 5.29. The number of halogens is 1. The Morgan fingerprint density at radius 3 is 2.72 bits per heavy atom. The summed E-state index contributed by atoms with van der Waals surface area (Å²) in [6.45, 7) is 3.94. The molecular formula is C24H30FNO2S. The number of nitrogens with zero attached hydrogens (tertiary/aromatic N) is 1. The van der Waals surface area contributed by atoms with E-state index in [1.165, 1.54) is 37.8 Å². The highest BCUT2D eigenvalue weighted by Gasteiger charge is 2.40. The van der Waals surface area contributed by atoms with Gasteiger partial charge >= 0.3 is 5.97 Å². The Kier molecular flexibility index (Phi) is 6.33. The second-order valence-electron chi connectivity index (χ2n) is 8.86. The summed E-state index contributed by atoms with van der Waals surface area (Å²) in [6.07, 6.45) is 10.1. The predicted octanol–water partition coefficient (Wildman–Crippen LogP) is 5.66. The van der Waals surface area contributed by atoms with Gasteiger partial charge in [0.2, 0.25) is 0 Å². The van der Waals surface area contributed by atoms with Crippen LogP contribution in [0.1, 0.15) is 50.5 Å². The van der Waals surface area contributed by atoms with Crippen molar-refractivity contribution in [1.82, 2.24) is 4.90 Å². The van der Waals surface area contributed by atoms with E-state index in [1.54, 1.807) is 17.8 Å².